The minimum Gasteiger partial charge on any atom is -0.346 e. The van der Waals surface area contributed by atoms with E-state index in [2.05, 4.69) is 101 Å². The first kappa shape index (κ1) is 22.5. The Kier molecular flexibility index (Phi) is 7.10. The summed E-state index contributed by atoms with van der Waals surface area (Å²) in [6.07, 6.45) is 6.54. The van der Waals surface area contributed by atoms with Gasteiger partial charge in [0.1, 0.15) is 5.52 Å². The van der Waals surface area contributed by atoms with Crippen LogP contribution in [-0.2, 0) is 19.6 Å². The lowest BCUT2D eigenvalue weighted by Crippen LogP contribution is -2.23. The van der Waals surface area contributed by atoms with Crippen LogP contribution in [0.1, 0.15) is 24.0 Å². The van der Waals surface area contributed by atoms with Crippen LogP contribution in [0.3, 0.4) is 0 Å². The number of fused-ring (bicyclic) bond motifs is 3. The van der Waals surface area contributed by atoms with E-state index in [0.29, 0.717) is 0 Å². The number of thioether (sulfide) groups is 1. The molecule has 5 heteroatoms. The quantitative estimate of drug-likeness (QED) is 0.209. The Morgan fingerprint density at radius 1 is 0.794 bits per heavy atom. The van der Waals surface area contributed by atoms with Gasteiger partial charge in [0.2, 0.25) is 0 Å². The minimum atomic E-state index is 0.775. The van der Waals surface area contributed by atoms with Crippen molar-refractivity contribution in [3.05, 3.63) is 102 Å². The Hall–Kier alpha value is -3.31. The smallest absolute Gasteiger partial charge is 0.158 e. The zero-order valence-electron chi connectivity index (χ0n) is 19.6. The Bertz CT molecular complexity index is 1310. The molecule has 0 N–H and O–H groups in total. The second-order valence-corrected chi connectivity index (χ2v) is 9.60. The van der Waals surface area contributed by atoms with Crippen LogP contribution in [-0.4, -0.2) is 26.5 Å². The van der Waals surface area contributed by atoms with Crippen molar-refractivity contribution in [2.24, 2.45) is 0 Å². The molecule has 0 aliphatic rings. The zero-order valence-corrected chi connectivity index (χ0v) is 20.4. The summed E-state index contributed by atoms with van der Waals surface area (Å²) in [5.41, 5.74) is 5.71. The first-order valence-corrected chi connectivity index (χ1v) is 13.3. The average molecular weight is 467 g/mol. The molecular weight excluding hydrogens is 436 g/mol. The molecule has 2 aromatic heterocycles. The third-order valence-corrected chi connectivity index (χ3v) is 6.86. The van der Waals surface area contributed by atoms with Gasteiger partial charge in [-0.1, -0.05) is 78.9 Å². The Labute approximate surface area is 205 Å². The van der Waals surface area contributed by atoms with Crippen LogP contribution in [0, 0.1) is 0 Å². The fourth-order valence-electron chi connectivity index (χ4n) is 4.50. The van der Waals surface area contributed by atoms with E-state index in [0.717, 1.165) is 42.9 Å². The van der Waals surface area contributed by atoms with E-state index in [1.54, 1.807) is 0 Å². The molecule has 4 nitrogen and oxygen atoms in total. The molecule has 172 valence electrons. The van der Waals surface area contributed by atoms with Crippen molar-refractivity contribution >= 4 is 39.5 Å². The summed E-state index contributed by atoms with van der Waals surface area (Å²) in [6, 6.07) is 29.7. The van der Waals surface area contributed by atoms with E-state index in [9.17, 15) is 0 Å². The second kappa shape index (κ2) is 10.7. The number of hydrogen-bond donors (Lipinski definition) is 0. The lowest BCUT2D eigenvalue weighted by molar-refractivity contribution is 0.650. The Morgan fingerprint density at radius 2 is 1.44 bits per heavy atom. The van der Waals surface area contributed by atoms with Crippen molar-refractivity contribution in [1.82, 2.24) is 14.5 Å². The molecular formula is C29H30N4S. The van der Waals surface area contributed by atoms with Crippen molar-refractivity contribution in [2.45, 2.75) is 32.5 Å². The predicted molar refractivity (Wildman–Crippen MR) is 145 cm³/mol. The van der Waals surface area contributed by atoms with E-state index in [1.165, 1.54) is 34.2 Å². The standard InChI is InChI=1S/C29H30N4S/c1-34-19-11-10-18-32-22-30-27-28(32)25-16-8-9-17-26(25)31-29(27)33(20-23-12-4-2-5-13-23)21-24-14-6-3-7-15-24/h2-9,12-17,22H,10-11,18-21H2,1H3. The van der Waals surface area contributed by atoms with Gasteiger partial charge in [0, 0.05) is 25.0 Å². The van der Waals surface area contributed by atoms with Crippen molar-refractivity contribution < 1.29 is 0 Å². The number of para-hydroxylation sites is 1. The Balaban J connectivity index is 1.61. The molecule has 0 saturated carbocycles. The SMILES string of the molecule is CSCCCCn1cnc2c(N(Cc3ccccc3)Cc3ccccc3)nc3ccccc3c21. The summed E-state index contributed by atoms with van der Waals surface area (Å²) in [6.45, 7) is 2.52. The summed E-state index contributed by atoms with van der Waals surface area (Å²) in [5.74, 6) is 2.14. The number of pyridine rings is 1. The zero-order chi connectivity index (χ0) is 23.2. The summed E-state index contributed by atoms with van der Waals surface area (Å²) >= 11 is 1.91. The highest BCUT2D eigenvalue weighted by Gasteiger charge is 2.19. The molecule has 0 radical (unpaired) electrons. The monoisotopic (exact) mass is 466 g/mol. The average Bonchev–Trinajstić information content (AvgIpc) is 3.31. The van der Waals surface area contributed by atoms with Crippen molar-refractivity contribution in [3.8, 4) is 0 Å². The minimum absolute atomic E-state index is 0.775. The number of aromatic nitrogens is 3. The van der Waals surface area contributed by atoms with Gasteiger partial charge < -0.3 is 9.47 Å². The highest BCUT2D eigenvalue weighted by Crippen LogP contribution is 2.32. The van der Waals surface area contributed by atoms with E-state index in [1.807, 2.05) is 18.1 Å². The van der Waals surface area contributed by atoms with E-state index < -0.39 is 0 Å². The van der Waals surface area contributed by atoms with Gasteiger partial charge in [-0.3, -0.25) is 0 Å². The number of aryl methyl sites for hydroxylation is 1. The number of anilines is 1. The van der Waals surface area contributed by atoms with Crippen LogP contribution in [0.25, 0.3) is 21.9 Å². The van der Waals surface area contributed by atoms with E-state index >= 15 is 0 Å². The fraction of sp³-hybridized carbons (Fsp3) is 0.241. The Morgan fingerprint density at radius 3 is 2.12 bits per heavy atom. The maximum absolute atomic E-state index is 5.17. The van der Waals surface area contributed by atoms with Crippen LogP contribution in [0.4, 0.5) is 5.82 Å². The van der Waals surface area contributed by atoms with Gasteiger partial charge in [-0.25, -0.2) is 9.97 Å². The molecule has 3 aromatic carbocycles. The number of benzene rings is 3. The lowest BCUT2D eigenvalue weighted by Gasteiger charge is -2.25. The topological polar surface area (TPSA) is 34.0 Å². The van der Waals surface area contributed by atoms with E-state index in [4.69, 9.17) is 9.97 Å². The van der Waals surface area contributed by atoms with Gasteiger partial charge in [0.05, 0.1) is 17.4 Å². The molecule has 5 rings (SSSR count). The van der Waals surface area contributed by atoms with Gasteiger partial charge in [0.25, 0.3) is 0 Å². The normalized spacial score (nSPS) is 11.3. The summed E-state index contributed by atoms with van der Waals surface area (Å²) in [4.78, 5) is 12.5. The van der Waals surface area contributed by atoms with Crippen LogP contribution < -0.4 is 4.90 Å². The number of nitrogens with zero attached hydrogens (tertiary/aromatic N) is 4. The number of rotatable bonds is 10. The van der Waals surface area contributed by atoms with Gasteiger partial charge in [-0.2, -0.15) is 11.8 Å². The molecule has 0 fully saturated rings. The second-order valence-electron chi connectivity index (χ2n) is 8.61. The summed E-state index contributed by atoms with van der Waals surface area (Å²) < 4.78 is 2.33. The fourth-order valence-corrected chi connectivity index (χ4v) is 4.99. The van der Waals surface area contributed by atoms with Crippen LogP contribution in [0.2, 0.25) is 0 Å². The molecule has 0 bridgehead atoms. The van der Waals surface area contributed by atoms with Gasteiger partial charge in [-0.05, 0) is 42.0 Å². The number of unbranched alkanes of at least 4 members (excludes halogenated alkanes) is 1. The lowest BCUT2D eigenvalue weighted by atomic mass is 10.1. The van der Waals surface area contributed by atoms with Crippen LogP contribution in [0.15, 0.2) is 91.3 Å². The molecule has 34 heavy (non-hydrogen) atoms. The molecule has 0 amide bonds. The van der Waals surface area contributed by atoms with Crippen molar-refractivity contribution in [3.63, 3.8) is 0 Å². The first-order chi connectivity index (χ1) is 16.8. The van der Waals surface area contributed by atoms with Gasteiger partial charge in [-0.15, -0.1) is 0 Å². The maximum atomic E-state index is 5.17. The number of imidazole rings is 1. The molecule has 2 heterocycles. The molecule has 0 aliphatic heterocycles. The predicted octanol–water partition coefficient (Wildman–Crippen LogP) is 6.93. The maximum Gasteiger partial charge on any atom is 0.158 e. The van der Waals surface area contributed by atoms with Crippen molar-refractivity contribution in [1.29, 1.82) is 0 Å². The molecule has 0 atom stereocenters. The molecule has 0 spiro atoms. The largest absolute Gasteiger partial charge is 0.346 e. The van der Waals surface area contributed by atoms with Crippen molar-refractivity contribution in [2.75, 3.05) is 16.9 Å². The first-order valence-electron chi connectivity index (χ1n) is 11.9. The van der Waals surface area contributed by atoms with Gasteiger partial charge >= 0.3 is 0 Å². The number of hydrogen-bond acceptors (Lipinski definition) is 4. The highest BCUT2D eigenvalue weighted by molar-refractivity contribution is 7.98. The molecule has 0 saturated heterocycles. The summed E-state index contributed by atoms with van der Waals surface area (Å²) in [5, 5.41) is 1.17. The third-order valence-electron chi connectivity index (χ3n) is 6.16. The van der Waals surface area contributed by atoms with Crippen LogP contribution >= 0.6 is 11.8 Å². The third kappa shape index (κ3) is 4.95. The molecule has 0 unspecified atom stereocenters. The molecule has 5 aromatic rings. The summed E-state index contributed by atoms with van der Waals surface area (Å²) in [7, 11) is 0. The van der Waals surface area contributed by atoms with Gasteiger partial charge in [0.15, 0.2) is 5.82 Å². The molecule has 0 aliphatic carbocycles. The van der Waals surface area contributed by atoms with Crippen LogP contribution in [0.5, 0.6) is 0 Å². The van der Waals surface area contributed by atoms with E-state index in [-0.39, 0.29) is 0 Å². The highest BCUT2D eigenvalue weighted by atomic mass is 32.2.